The first-order chi connectivity index (χ1) is 10.6. The fraction of sp³-hybridized carbons (Fsp3) is 0.188. The van der Waals surface area contributed by atoms with Crippen LogP contribution in [-0.4, -0.2) is 19.1 Å². The summed E-state index contributed by atoms with van der Waals surface area (Å²) < 4.78 is 25.2. The average molecular weight is 366 g/mol. The van der Waals surface area contributed by atoms with E-state index >= 15 is 0 Å². The zero-order valence-electron chi connectivity index (χ0n) is 11.6. The SMILES string of the molecule is O=C(Cc1ccc2c(c1)OCCO2)Nc1ccc(Br)cc1F. The van der Waals surface area contributed by atoms with Gasteiger partial charge in [0.05, 0.1) is 12.1 Å². The molecule has 0 radical (unpaired) electrons. The molecule has 0 bridgehead atoms. The molecule has 0 aliphatic carbocycles. The number of anilines is 1. The highest BCUT2D eigenvalue weighted by Gasteiger charge is 2.14. The Morgan fingerprint density at radius 1 is 1.14 bits per heavy atom. The third-order valence-electron chi connectivity index (χ3n) is 3.18. The Hall–Kier alpha value is -2.08. The highest BCUT2D eigenvalue weighted by molar-refractivity contribution is 9.10. The topological polar surface area (TPSA) is 47.6 Å². The molecule has 4 nitrogen and oxygen atoms in total. The fourth-order valence-electron chi connectivity index (χ4n) is 2.17. The van der Waals surface area contributed by atoms with E-state index in [2.05, 4.69) is 21.2 Å². The summed E-state index contributed by atoms with van der Waals surface area (Å²) in [6, 6.07) is 9.83. The molecule has 0 atom stereocenters. The molecule has 2 aromatic rings. The van der Waals surface area contributed by atoms with E-state index in [1.165, 1.54) is 12.1 Å². The second-order valence-corrected chi connectivity index (χ2v) is 5.74. The largest absolute Gasteiger partial charge is 0.486 e. The molecule has 1 N–H and O–H groups in total. The zero-order chi connectivity index (χ0) is 15.5. The molecule has 1 amide bonds. The van der Waals surface area contributed by atoms with Gasteiger partial charge in [-0.05, 0) is 35.9 Å². The molecule has 0 aromatic heterocycles. The third kappa shape index (κ3) is 3.39. The molecule has 1 heterocycles. The summed E-state index contributed by atoms with van der Waals surface area (Å²) in [6.45, 7) is 1.02. The Balaban J connectivity index is 1.69. The van der Waals surface area contributed by atoms with Crippen molar-refractivity contribution in [1.82, 2.24) is 0 Å². The van der Waals surface area contributed by atoms with E-state index in [4.69, 9.17) is 9.47 Å². The lowest BCUT2D eigenvalue weighted by atomic mass is 10.1. The number of carbonyl (C=O) groups excluding carboxylic acids is 1. The van der Waals surface area contributed by atoms with Crippen LogP contribution in [0.25, 0.3) is 0 Å². The van der Waals surface area contributed by atoms with Crippen LogP contribution in [0.15, 0.2) is 40.9 Å². The molecule has 0 unspecified atom stereocenters. The van der Waals surface area contributed by atoms with Gasteiger partial charge in [-0.2, -0.15) is 0 Å². The zero-order valence-corrected chi connectivity index (χ0v) is 13.2. The molecular weight excluding hydrogens is 353 g/mol. The Bertz CT molecular complexity index is 721. The maximum atomic E-state index is 13.7. The van der Waals surface area contributed by atoms with Gasteiger partial charge in [-0.1, -0.05) is 22.0 Å². The molecule has 114 valence electrons. The van der Waals surface area contributed by atoms with Crippen LogP contribution in [0.3, 0.4) is 0 Å². The molecule has 1 aliphatic rings. The number of benzene rings is 2. The van der Waals surface area contributed by atoms with E-state index in [0.717, 1.165) is 5.56 Å². The number of ether oxygens (including phenoxy) is 2. The molecule has 0 spiro atoms. The minimum atomic E-state index is -0.482. The van der Waals surface area contributed by atoms with Crippen molar-refractivity contribution in [3.8, 4) is 11.5 Å². The van der Waals surface area contributed by atoms with E-state index in [9.17, 15) is 9.18 Å². The number of halogens is 2. The first-order valence-electron chi connectivity index (χ1n) is 6.75. The van der Waals surface area contributed by atoms with Crippen LogP contribution in [0, 0.1) is 5.82 Å². The summed E-state index contributed by atoms with van der Waals surface area (Å²) in [6.07, 6.45) is 0.131. The Kier molecular flexibility index (Phi) is 4.29. The summed E-state index contributed by atoms with van der Waals surface area (Å²) in [5.41, 5.74) is 0.935. The lowest BCUT2D eigenvalue weighted by molar-refractivity contribution is -0.115. The van der Waals surface area contributed by atoms with Crippen LogP contribution in [0.1, 0.15) is 5.56 Å². The van der Waals surface area contributed by atoms with Gasteiger partial charge in [-0.3, -0.25) is 4.79 Å². The fourth-order valence-corrected chi connectivity index (χ4v) is 2.50. The van der Waals surface area contributed by atoms with Crippen LogP contribution in [0.5, 0.6) is 11.5 Å². The van der Waals surface area contributed by atoms with Crippen molar-refractivity contribution >= 4 is 27.5 Å². The second-order valence-electron chi connectivity index (χ2n) is 4.83. The minimum Gasteiger partial charge on any atom is -0.486 e. The van der Waals surface area contributed by atoms with Crippen molar-refractivity contribution in [2.45, 2.75) is 6.42 Å². The van der Waals surface area contributed by atoms with Gasteiger partial charge in [0.25, 0.3) is 0 Å². The summed E-state index contributed by atoms with van der Waals surface area (Å²) in [5.74, 6) is 0.531. The summed E-state index contributed by atoms with van der Waals surface area (Å²) >= 11 is 3.17. The lowest BCUT2D eigenvalue weighted by Crippen LogP contribution is -2.17. The number of rotatable bonds is 3. The van der Waals surface area contributed by atoms with Gasteiger partial charge in [0.1, 0.15) is 19.0 Å². The number of carbonyl (C=O) groups is 1. The summed E-state index contributed by atoms with van der Waals surface area (Å²) in [4.78, 5) is 12.0. The van der Waals surface area contributed by atoms with E-state index < -0.39 is 5.82 Å². The van der Waals surface area contributed by atoms with Crippen molar-refractivity contribution in [2.24, 2.45) is 0 Å². The Morgan fingerprint density at radius 2 is 1.91 bits per heavy atom. The molecule has 0 saturated heterocycles. The first kappa shape index (κ1) is 14.8. The van der Waals surface area contributed by atoms with Crippen LogP contribution < -0.4 is 14.8 Å². The molecule has 6 heteroatoms. The first-order valence-corrected chi connectivity index (χ1v) is 7.54. The number of fused-ring (bicyclic) bond motifs is 1. The van der Waals surface area contributed by atoms with Crippen LogP contribution in [-0.2, 0) is 11.2 Å². The summed E-state index contributed by atoms with van der Waals surface area (Å²) in [7, 11) is 0. The van der Waals surface area contributed by atoms with Crippen molar-refractivity contribution in [3.05, 3.63) is 52.3 Å². The lowest BCUT2D eigenvalue weighted by Gasteiger charge is -2.18. The van der Waals surface area contributed by atoms with Crippen molar-refractivity contribution < 1.29 is 18.7 Å². The number of hydrogen-bond acceptors (Lipinski definition) is 3. The molecule has 2 aromatic carbocycles. The summed E-state index contributed by atoms with van der Waals surface area (Å²) in [5, 5.41) is 2.56. The normalized spacial score (nSPS) is 12.8. The standard InChI is InChI=1S/C16H13BrFNO3/c17-11-2-3-13(12(18)9-11)19-16(20)8-10-1-4-14-15(7-10)22-6-5-21-14/h1-4,7,9H,5-6,8H2,(H,19,20). The van der Waals surface area contributed by atoms with Gasteiger partial charge in [0.2, 0.25) is 5.91 Å². The highest BCUT2D eigenvalue weighted by atomic mass is 79.9. The van der Waals surface area contributed by atoms with Gasteiger partial charge in [0, 0.05) is 4.47 Å². The van der Waals surface area contributed by atoms with Gasteiger partial charge in [-0.15, -0.1) is 0 Å². The second kappa shape index (κ2) is 6.36. The van der Waals surface area contributed by atoms with Crippen molar-refractivity contribution in [1.29, 1.82) is 0 Å². The number of nitrogens with one attached hydrogen (secondary N) is 1. The van der Waals surface area contributed by atoms with Gasteiger partial charge < -0.3 is 14.8 Å². The Labute approximate surface area is 135 Å². The molecule has 0 fully saturated rings. The average Bonchev–Trinajstić information content (AvgIpc) is 2.50. The number of amides is 1. The van der Waals surface area contributed by atoms with E-state index in [0.29, 0.717) is 29.2 Å². The monoisotopic (exact) mass is 365 g/mol. The van der Waals surface area contributed by atoms with E-state index in [1.807, 2.05) is 0 Å². The highest BCUT2D eigenvalue weighted by Crippen LogP contribution is 2.31. The number of hydrogen-bond donors (Lipinski definition) is 1. The van der Waals surface area contributed by atoms with Crippen LogP contribution in [0.4, 0.5) is 10.1 Å². The van der Waals surface area contributed by atoms with Gasteiger partial charge in [-0.25, -0.2) is 4.39 Å². The molecule has 22 heavy (non-hydrogen) atoms. The quantitative estimate of drug-likeness (QED) is 0.904. The van der Waals surface area contributed by atoms with Crippen molar-refractivity contribution in [2.75, 3.05) is 18.5 Å². The predicted octanol–water partition coefficient (Wildman–Crippen LogP) is 3.54. The Morgan fingerprint density at radius 3 is 2.68 bits per heavy atom. The molecular formula is C16H13BrFNO3. The minimum absolute atomic E-state index is 0.131. The predicted molar refractivity (Wildman–Crippen MR) is 83.9 cm³/mol. The van der Waals surface area contributed by atoms with Gasteiger partial charge in [0.15, 0.2) is 11.5 Å². The van der Waals surface area contributed by atoms with Crippen LogP contribution >= 0.6 is 15.9 Å². The smallest absolute Gasteiger partial charge is 0.228 e. The maximum Gasteiger partial charge on any atom is 0.228 e. The third-order valence-corrected chi connectivity index (χ3v) is 3.67. The van der Waals surface area contributed by atoms with Crippen molar-refractivity contribution in [3.63, 3.8) is 0 Å². The van der Waals surface area contributed by atoms with E-state index in [1.54, 1.807) is 24.3 Å². The molecule has 3 rings (SSSR count). The van der Waals surface area contributed by atoms with E-state index in [-0.39, 0.29) is 18.0 Å². The molecule has 1 aliphatic heterocycles. The van der Waals surface area contributed by atoms with Gasteiger partial charge >= 0.3 is 0 Å². The maximum absolute atomic E-state index is 13.7. The molecule has 0 saturated carbocycles. The van der Waals surface area contributed by atoms with Crippen LogP contribution in [0.2, 0.25) is 0 Å².